The van der Waals surface area contributed by atoms with Crippen LogP contribution >= 0.6 is 15.9 Å². The Bertz CT molecular complexity index is 1700. The molecule has 0 radical (unpaired) electrons. The standard InChI is InChI=1S/C30H25BrFN3O2/c1-30(2,3)29-34-26-14-11-21(31)16-24(26)28(36)35(29)33-17-25-23-7-5-4-6-20(23)10-15-27(25)37-18-19-8-12-22(32)13-9-19/h4-17H,18H2,1-3H3. The fourth-order valence-corrected chi connectivity index (χ4v) is 4.49. The second-order valence-corrected chi connectivity index (χ2v) is 10.7. The Labute approximate surface area is 222 Å². The monoisotopic (exact) mass is 557 g/mol. The van der Waals surface area contributed by atoms with Gasteiger partial charge in [0.25, 0.3) is 5.56 Å². The highest BCUT2D eigenvalue weighted by Gasteiger charge is 2.23. The van der Waals surface area contributed by atoms with Crippen LogP contribution in [0.4, 0.5) is 4.39 Å². The van der Waals surface area contributed by atoms with Crippen LogP contribution in [0.25, 0.3) is 21.7 Å². The Kier molecular flexibility index (Phi) is 6.65. The third-order valence-electron chi connectivity index (χ3n) is 6.02. The lowest BCUT2D eigenvalue weighted by molar-refractivity contribution is 0.306. The molecule has 0 aliphatic carbocycles. The van der Waals surface area contributed by atoms with Crippen molar-refractivity contribution in [3.8, 4) is 5.75 Å². The molecule has 0 atom stereocenters. The summed E-state index contributed by atoms with van der Waals surface area (Å²) < 4.78 is 21.6. The van der Waals surface area contributed by atoms with E-state index in [0.29, 0.717) is 22.5 Å². The van der Waals surface area contributed by atoms with Crippen molar-refractivity contribution in [1.29, 1.82) is 0 Å². The number of fused-ring (bicyclic) bond motifs is 2. The van der Waals surface area contributed by atoms with Gasteiger partial charge in [-0.05, 0) is 52.7 Å². The van der Waals surface area contributed by atoms with E-state index in [2.05, 4.69) is 21.0 Å². The zero-order chi connectivity index (χ0) is 26.2. The Balaban J connectivity index is 1.64. The number of nitrogens with zero attached hydrogens (tertiary/aromatic N) is 3. The molecule has 0 spiro atoms. The highest BCUT2D eigenvalue weighted by atomic mass is 79.9. The zero-order valence-corrected chi connectivity index (χ0v) is 22.3. The van der Waals surface area contributed by atoms with Crippen molar-refractivity contribution in [3.05, 3.63) is 116 Å². The largest absolute Gasteiger partial charge is 0.488 e. The fraction of sp³-hybridized carbons (Fsp3) is 0.167. The predicted octanol–water partition coefficient (Wildman–Crippen LogP) is 7.21. The van der Waals surface area contributed by atoms with Gasteiger partial charge in [0.2, 0.25) is 0 Å². The molecule has 7 heteroatoms. The van der Waals surface area contributed by atoms with Crippen LogP contribution in [0.3, 0.4) is 0 Å². The number of aromatic nitrogens is 2. The summed E-state index contributed by atoms with van der Waals surface area (Å²) in [5.74, 6) is 0.865. The van der Waals surface area contributed by atoms with Crippen LogP contribution in [-0.2, 0) is 12.0 Å². The molecule has 4 aromatic carbocycles. The van der Waals surface area contributed by atoms with Crippen LogP contribution in [0.1, 0.15) is 37.7 Å². The SMILES string of the molecule is CC(C)(C)c1nc2ccc(Br)cc2c(=O)n1N=Cc1c(OCc2ccc(F)cc2)ccc2ccccc12. The first-order valence-electron chi connectivity index (χ1n) is 11.9. The lowest BCUT2D eigenvalue weighted by Crippen LogP contribution is -2.29. The minimum Gasteiger partial charge on any atom is -0.488 e. The summed E-state index contributed by atoms with van der Waals surface area (Å²) in [5, 5.41) is 7.10. The molecule has 0 bridgehead atoms. The van der Waals surface area contributed by atoms with Gasteiger partial charge in [-0.2, -0.15) is 9.78 Å². The molecular formula is C30H25BrFN3O2. The van der Waals surface area contributed by atoms with Gasteiger partial charge in [-0.25, -0.2) is 9.37 Å². The molecule has 1 heterocycles. The van der Waals surface area contributed by atoms with E-state index in [9.17, 15) is 9.18 Å². The van der Waals surface area contributed by atoms with Gasteiger partial charge in [0.1, 0.15) is 24.0 Å². The third kappa shape index (κ3) is 5.18. The first kappa shape index (κ1) is 24.8. The summed E-state index contributed by atoms with van der Waals surface area (Å²) in [5.41, 5.74) is 1.52. The summed E-state index contributed by atoms with van der Waals surface area (Å²) in [6.45, 7) is 6.26. The number of rotatable bonds is 5. The Hall–Kier alpha value is -3.84. The maximum atomic E-state index is 13.6. The van der Waals surface area contributed by atoms with Gasteiger partial charge < -0.3 is 4.74 Å². The Morgan fingerprint density at radius 3 is 2.51 bits per heavy atom. The van der Waals surface area contributed by atoms with Crippen molar-refractivity contribution in [3.63, 3.8) is 0 Å². The van der Waals surface area contributed by atoms with Crippen LogP contribution in [0, 0.1) is 5.82 Å². The highest BCUT2D eigenvalue weighted by Crippen LogP contribution is 2.28. The number of hydrogen-bond donors (Lipinski definition) is 0. The van der Waals surface area contributed by atoms with Gasteiger partial charge in [-0.1, -0.05) is 79.2 Å². The van der Waals surface area contributed by atoms with Crippen molar-refractivity contribution in [1.82, 2.24) is 9.66 Å². The maximum absolute atomic E-state index is 13.6. The number of benzene rings is 4. The first-order valence-corrected chi connectivity index (χ1v) is 12.7. The van der Waals surface area contributed by atoms with Crippen molar-refractivity contribution < 1.29 is 9.13 Å². The topological polar surface area (TPSA) is 56.5 Å². The van der Waals surface area contributed by atoms with E-state index in [4.69, 9.17) is 9.72 Å². The van der Waals surface area contributed by atoms with E-state index >= 15 is 0 Å². The molecule has 5 nitrogen and oxygen atoms in total. The lowest BCUT2D eigenvalue weighted by Gasteiger charge is -2.21. The van der Waals surface area contributed by atoms with Gasteiger partial charge in [0.05, 0.1) is 17.1 Å². The average Bonchev–Trinajstić information content (AvgIpc) is 2.87. The number of halogens is 2. The van der Waals surface area contributed by atoms with E-state index in [1.165, 1.54) is 16.8 Å². The molecule has 0 aliphatic heterocycles. The maximum Gasteiger partial charge on any atom is 0.282 e. The number of hydrogen-bond acceptors (Lipinski definition) is 4. The third-order valence-corrected chi connectivity index (χ3v) is 6.51. The summed E-state index contributed by atoms with van der Waals surface area (Å²) in [6, 6.07) is 23.5. The van der Waals surface area contributed by atoms with Gasteiger partial charge in [0, 0.05) is 15.5 Å². The summed E-state index contributed by atoms with van der Waals surface area (Å²) in [4.78, 5) is 18.4. The second kappa shape index (κ2) is 9.90. The van der Waals surface area contributed by atoms with Crippen molar-refractivity contribution >= 4 is 43.8 Å². The minimum atomic E-state index is -0.432. The zero-order valence-electron chi connectivity index (χ0n) is 20.7. The van der Waals surface area contributed by atoms with E-state index < -0.39 is 5.41 Å². The van der Waals surface area contributed by atoms with Crippen LogP contribution in [0.15, 0.2) is 93.2 Å². The van der Waals surface area contributed by atoms with Crippen LogP contribution in [-0.4, -0.2) is 15.9 Å². The van der Waals surface area contributed by atoms with Gasteiger partial charge >= 0.3 is 0 Å². The van der Waals surface area contributed by atoms with E-state index in [1.54, 1.807) is 24.4 Å². The quantitative estimate of drug-likeness (QED) is 0.214. The molecule has 0 fully saturated rings. The van der Waals surface area contributed by atoms with Gasteiger partial charge in [-0.3, -0.25) is 4.79 Å². The molecule has 1 aromatic heterocycles. The summed E-state index contributed by atoms with van der Waals surface area (Å²) in [6.07, 6.45) is 1.66. The van der Waals surface area contributed by atoms with E-state index in [1.807, 2.05) is 69.3 Å². The number of ether oxygens (including phenoxy) is 1. The van der Waals surface area contributed by atoms with Gasteiger partial charge in [0.15, 0.2) is 0 Å². The molecule has 5 aromatic rings. The second-order valence-electron chi connectivity index (χ2n) is 9.82. The Morgan fingerprint density at radius 1 is 1.00 bits per heavy atom. The van der Waals surface area contributed by atoms with Crippen molar-refractivity contribution in [2.24, 2.45) is 5.10 Å². The predicted molar refractivity (Wildman–Crippen MR) is 150 cm³/mol. The first-order chi connectivity index (χ1) is 17.7. The molecular weight excluding hydrogens is 533 g/mol. The van der Waals surface area contributed by atoms with Crippen LogP contribution in [0.5, 0.6) is 5.75 Å². The average molecular weight is 558 g/mol. The van der Waals surface area contributed by atoms with Crippen LogP contribution < -0.4 is 10.3 Å². The van der Waals surface area contributed by atoms with Gasteiger partial charge in [-0.15, -0.1) is 0 Å². The molecule has 5 rings (SSSR count). The fourth-order valence-electron chi connectivity index (χ4n) is 4.13. The molecule has 186 valence electrons. The van der Waals surface area contributed by atoms with Crippen molar-refractivity contribution in [2.75, 3.05) is 0 Å². The van der Waals surface area contributed by atoms with E-state index in [-0.39, 0.29) is 18.0 Å². The molecule has 0 amide bonds. The molecule has 0 N–H and O–H groups in total. The Morgan fingerprint density at radius 2 is 1.76 bits per heavy atom. The normalized spacial score (nSPS) is 12.0. The highest BCUT2D eigenvalue weighted by molar-refractivity contribution is 9.10. The lowest BCUT2D eigenvalue weighted by atomic mass is 9.95. The molecule has 0 saturated heterocycles. The van der Waals surface area contributed by atoms with Crippen LogP contribution in [0.2, 0.25) is 0 Å². The van der Waals surface area contributed by atoms with E-state index in [0.717, 1.165) is 26.4 Å². The molecule has 0 saturated carbocycles. The smallest absolute Gasteiger partial charge is 0.282 e. The summed E-state index contributed by atoms with van der Waals surface area (Å²) in [7, 11) is 0. The molecule has 0 aliphatic rings. The molecule has 37 heavy (non-hydrogen) atoms. The minimum absolute atomic E-state index is 0.249. The molecule has 0 unspecified atom stereocenters. The summed E-state index contributed by atoms with van der Waals surface area (Å²) >= 11 is 3.45. The van der Waals surface area contributed by atoms with Crippen molar-refractivity contribution in [2.45, 2.75) is 32.8 Å².